The molecule has 19 heavy (non-hydrogen) atoms. The largest absolute Gasteiger partial charge is 0.396 e. The van der Waals surface area contributed by atoms with E-state index in [1.165, 1.54) is 0 Å². The molecule has 0 heterocycles. The lowest BCUT2D eigenvalue weighted by Crippen LogP contribution is -2.44. The summed E-state index contributed by atoms with van der Waals surface area (Å²) in [5, 5.41) is 3.68. The highest BCUT2D eigenvalue weighted by atomic mass is 28.3. The van der Waals surface area contributed by atoms with Crippen molar-refractivity contribution in [3.63, 3.8) is 0 Å². The first-order valence-corrected chi connectivity index (χ1v) is 8.40. The van der Waals surface area contributed by atoms with Crippen LogP contribution in [-0.4, -0.2) is 28.5 Å². The van der Waals surface area contributed by atoms with E-state index in [2.05, 4.69) is 23.0 Å². The summed E-state index contributed by atoms with van der Waals surface area (Å²) in [7, 11) is -1.96. The Labute approximate surface area is 116 Å². The van der Waals surface area contributed by atoms with Gasteiger partial charge in [-0.05, 0) is 25.8 Å². The van der Waals surface area contributed by atoms with Gasteiger partial charge in [-0.3, -0.25) is 0 Å². The molecule has 5 nitrogen and oxygen atoms in total. The third kappa shape index (κ3) is 3.70. The van der Waals surface area contributed by atoms with E-state index in [1.807, 2.05) is 32.1 Å². The zero-order valence-corrected chi connectivity index (χ0v) is 13.1. The minimum Gasteiger partial charge on any atom is -0.396 e. The first-order chi connectivity index (χ1) is 9.25. The van der Waals surface area contributed by atoms with Crippen LogP contribution in [0, 0.1) is 0 Å². The molecule has 0 amide bonds. The molecule has 0 aliphatic heterocycles. The number of rotatable bonds is 8. The van der Waals surface area contributed by atoms with E-state index in [0.717, 1.165) is 12.8 Å². The molecule has 6 heteroatoms. The second kappa shape index (κ2) is 8.17. The van der Waals surface area contributed by atoms with Crippen molar-refractivity contribution in [3.05, 3.63) is 34.7 Å². The van der Waals surface area contributed by atoms with Gasteiger partial charge in [0, 0.05) is 23.2 Å². The van der Waals surface area contributed by atoms with Gasteiger partial charge in [0.15, 0.2) is 0 Å². The van der Waals surface area contributed by atoms with Crippen LogP contribution < -0.4 is 0 Å². The standard InChI is InChI=1S/C13H23N3O2Si/c1-4-10-13(19(17-5-2)18-6-3)11-8-7-9-12(13)15-16-14/h7-9,11-12,19H,4-6,10H2,1-3H3. The molecule has 2 atom stereocenters. The molecular formula is C13H23N3O2Si. The number of nitrogens with zero attached hydrogens (tertiary/aromatic N) is 3. The summed E-state index contributed by atoms with van der Waals surface area (Å²) in [6.07, 6.45) is 9.92. The quantitative estimate of drug-likeness (QED) is 0.295. The number of hydrogen-bond acceptors (Lipinski definition) is 3. The Balaban J connectivity index is 3.13. The van der Waals surface area contributed by atoms with Gasteiger partial charge in [0.05, 0.1) is 6.04 Å². The fourth-order valence-corrected chi connectivity index (χ4v) is 5.12. The van der Waals surface area contributed by atoms with Crippen LogP contribution >= 0.6 is 0 Å². The van der Waals surface area contributed by atoms with E-state index in [9.17, 15) is 0 Å². The molecule has 0 spiro atoms. The second-order valence-corrected chi connectivity index (χ2v) is 6.90. The number of azide groups is 1. The van der Waals surface area contributed by atoms with E-state index in [-0.39, 0.29) is 11.1 Å². The Bertz CT molecular complexity index is 374. The normalized spacial score (nSPS) is 25.6. The van der Waals surface area contributed by atoms with Crippen molar-refractivity contribution in [2.45, 2.75) is 44.7 Å². The molecule has 1 aliphatic carbocycles. The van der Waals surface area contributed by atoms with Crippen LogP contribution in [0.1, 0.15) is 33.6 Å². The molecule has 2 unspecified atom stereocenters. The molecule has 0 fully saturated rings. The van der Waals surface area contributed by atoms with Crippen LogP contribution in [0.2, 0.25) is 5.04 Å². The van der Waals surface area contributed by atoms with Gasteiger partial charge in [0.25, 0.3) is 0 Å². The second-order valence-electron chi connectivity index (χ2n) is 4.50. The molecule has 1 aliphatic rings. The van der Waals surface area contributed by atoms with Crippen LogP contribution in [0.25, 0.3) is 10.4 Å². The third-order valence-corrected chi connectivity index (χ3v) is 6.27. The van der Waals surface area contributed by atoms with Crippen molar-refractivity contribution in [2.75, 3.05) is 13.2 Å². The zero-order chi connectivity index (χ0) is 14.1. The fraction of sp³-hybridized carbons (Fsp3) is 0.692. The van der Waals surface area contributed by atoms with Gasteiger partial charge in [-0.25, -0.2) is 0 Å². The average Bonchev–Trinajstić information content (AvgIpc) is 2.41. The summed E-state index contributed by atoms with van der Waals surface area (Å²) >= 11 is 0. The highest BCUT2D eigenvalue weighted by Crippen LogP contribution is 2.46. The number of hydrogen-bond donors (Lipinski definition) is 0. The Kier molecular flexibility index (Phi) is 6.87. The molecule has 106 valence electrons. The van der Waals surface area contributed by atoms with E-state index < -0.39 is 9.28 Å². The van der Waals surface area contributed by atoms with Gasteiger partial charge in [-0.1, -0.05) is 42.8 Å². The van der Waals surface area contributed by atoms with E-state index in [1.54, 1.807) is 0 Å². The smallest absolute Gasteiger partial charge is 0.332 e. The van der Waals surface area contributed by atoms with Crippen molar-refractivity contribution >= 4 is 9.28 Å². The van der Waals surface area contributed by atoms with Crippen LogP contribution in [0.4, 0.5) is 0 Å². The Morgan fingerprint density at radius 2 is 1.95 bits per heavy atom. The first-order valence-electron chi connectivity index (χ1n) is 6.88. The molecule has 0 saturated carbocycles. The van der Waals surface area contributed by atoms with Crippen LogP contribution in [0.3, 0.4) is 0 Å². The minimum absolute atomic E-state index is 0.211. The van der Waals surface area contributed by atoms with E-state index in [0.29, 0.717) is 13.2 Å². The van der Waals surface area contributed by atoms with Crippen LogP contribution in [-0.2, 0) is 8.85 Å². The molecule has 0 N–H and O–H groups in total. The van der Waals surface area contributed by atoms with Crippen molar-refractivity contribution in [2.24, 2.45) is 5.11 Å². The van der Waals surface area contributed by atoms with Crippen LogP contribution in [0.5, 0.6) is 0 Å². The highest BCUT2D eigenvalue weighted by molar-refractivity contribution is 6.50. The van der Waals surface area contributed by atoms with Crippen LogP contribution in [0.15, 0.2) is 29.4 Å². The van der Waals surface area contributed by atoms with Crippen molar-refractivity contribution < 1.29 is 8.85 Å². The Morgan fingerprint density at radius 1 is 1.26 bits per heavy atom. The lowest BCUT2D eigenvalue weighted by Gasteiger charge is -2.40. The van der Waals surface area contributed by atoms with Gasteiger partial charge in [0.1, 0.15) is 0 Å². The molecule has 0 aromatic heterocycles. The van der Waals surface area contributed by atoms with E-state index in [4.69, 9.17) is 14.4 Å². The van der Waals surface area contributed by atoms with Gasteiger partial charge >= 0.3 is 9.28 Å². The Morgan fingerprint density at radius 3 is 2.47 bits per heavy atom. The summed E-state index contributed by atoms with van der Waals surface area (Å²) in [6.45, 7) is 7.34. The average molecular weight is 281 g/mol. The molecule has 0 saturated heterocycles. The SMILES string of the molecule is CCCC1([SiH](OCC)OCC)C=CC=CC1N=[N+]=[N-]. The summed E-state index contributed by atoms with van der Waals surface area (Å²) in [5.74, 6) is 0. The maximum atomic E-state index is 8.79. The van der Waals surface area contributed by atoms with Gasteiger partial charge in [0.2, 0.25) is 0 Å². The molecule has 0 aromatic carbocycles. The van der Waals surface area contributed by atoms with Crippen molar-refractivity contribution in [1.29, 1.82) is 0 Å². The maximum Gasteiger partial charge on any atom is 0.332 e. The topological polar surface area (TPSA) is 67.2 Å². The van der Waals surface area contributed by atoms with Crippen molar-refractivity contribution in [3.8, 4) is 0 Å². The highest BCUT2D eigenvalue weighted by Gasteiger charge is 2.46. The molecule has 0 radical (unpaired) electrons. The van der Waals surface area contributed by atoms with Gasteiger partial charge in [-0.2, -0.15) is 0 Å². The number of allylic oxidation sites excluding steroid dienone is 2. The predicted molar refractivity (Wildman–Crippen MR) is 79.2 cm³/mol. The lowest BCUT2D eigenvalue weighted by molar-refractivity contribution is 0.185. The molecule has 0 aromatic rings. The van der Waals surface area contributed by atoms with Crippen molar-refractivity contribution in [1.82, 2.24) is 0 Å². The summed E-state index contributed by atoms with van der Waals surface area (Å²) in [4.78, 5) is 2.99. The zero-order valence-electron chi connectivity index (χ0n) is 12.0. The Hall–Kier alpha value is -1.07. The van der Waals surface area contributed by atoms with E-state index >= 15 is 0 Å². The lowest BCUT2D eigenvalue weighted by atomic mass is 9.90. The minimum atomic E-state index is -1.96. The summed E-state index contributed by atoms with van der Waals surface area (Å²) < 4.78 is 11.8. The summed E-state index contributed by atoms with van der Waals surface area (Å²) in [5.41, 5.74) is 8.79. The monoisotopic (exact) mass is 281 g/mol. The molecule has 1 rings (SSSR count). The van der Waals surface area contributed by atoms with Gasteiger partial charge < -0.3 is 8.85 Å². The maximum absolute atomic E-state index is 8.79. The molecule has 0 bridgehead atoms. The summed E-state index contributed by atoms with van der Waals surface area (Å²) in [6, 6.07) is -0.211. The molecular weight excluding hydrogens is 258 g/mol. The third-order valence-electron chi connectivity index (χ3n) is 3.30. The fourth-order valence-electron chi connectivity index (χ4n) is 2.54. The predicted octanol–water partition coefficient (Wildman–Crippen LogP) is 3.63. The van der Waals surface area contributed by atoms with Gasteiger partial charge in [-0.15, -0.1) is 0 Å². The first kappa shape index (κ1) is 16.0.